The number of aliphatic carboxylic acids is 1. The van der Waals surface area contributed by atoms with Crippen LogP contribution in [0.3, 0.4) is 0 Å². The van der Waals surface area contributed by atoms with Crippen molar-refractivity contribution in [1.82, 2.24) is 0 Å². The zero-order valence-electron chi connectivity index (χ0n) is 7.40. The summed E-state index contributed by atoms with van der Waals surface area (Å²) in [4.78, 5) is 19.8. The molecule has 0 bridgehead atoms. The summed E-state index contributed by atoms with van der Waals surface area (Å²) in [6.07, 6.45) is 0.986. The van der Waals surface area contributed by atoms with Gasteiger partial charge in [0.05, 0.1) is 5.25 Å². The Kier molecular flexibility index (Phi) is 5.48. The van der Waals surface area contributed by atoms with E-state index in [1.54, 1.807) is 11.8 Å². The van der Waals surface area contributed by atoms with Gasteiger partial charge in [-0.05, 0) is 19.1 Å². The second kappa shape index (κ2) is 5.82. The molecule has 0 spiro atoms. The van der Waals surface area contributed by atoms with Crippen molar-refractivity contribution in [2.24, 2.45) is 11.5 Å². The van der Waals surface area contributed by atoms with Gasteiger partial charge in [0.25, 0.3) is 0 Å². The smallest absolute Gasteiger partial charge is 0.320 e. The van der Waals surface area contributed by atoms with Crippen LogP contribution >= 0.6 is 11.8 Å². The van der Waals surface area contributed by atoms with Gasteiger partial charge in [-0.3, -0.25) is 9.59 Å². The fraction of sp³-hybridized carbons (Fsp3) is 0.714. The lowest BCUT2D eigenvalue weighted by Gasteiger charge is -2.20. The first kappa shape index (κ1) is 12.2. The number of carboxylic acid groups (broad SMARTS) is 1. The highest BCUT2D eigenvalue weighted by molar-refractivity contribution is 8.01. The fourth-order valence-corrected chi connectivity index (χ4v) is 1.10. The van der Waals surface area contributed by atoms with Crippen molar-refractivity contribution < 1.29 is 14.7 Å². The molecule has 13 heavy (non-hydrogen) atoms. The fourth-order valence-electron chi connectivity index (χ4n) is 0.460. The summed E-state index contributed by atoms with van der Waals surface area (Å²) in [6.45, 7) is 1.42. The summed E-state index contributed by atoms with van der Waals surface area (Å²) in [5.41, 5.74) is 9.77. The number of hydrogen-bond donors (Lipinski definition) is 3. The van der Waals surface area contributed by atoms with E-state index in [0.29, 0.717) is 0 Å². The number of nitrogens with two attached hydrogens (primary N) is 2. The van der Waals surface area contributed by atoms with Gasteiger partial charge in [0.1, 0.15) is 6.04 Å². The van der Waals surface area contributed by atoms with E-state index >= 15 is 0 Å². The number of primary amides is 1. The van der Waals surface area contributed by atoms with Gasteiger partial charge >= 0.3 is 5.97 Å². The van der Waals surface area contributed by atoms with Crippen LogP contribution in [0.1, 0.15) is 13.3 Å². The van der Waals surface area contributed by atoms with Crippen molar-refractivity contribution >= 4 is 23.6 Å². The SMILES string of the molecule is C[C@@H](N)C(=O)O.NC(=O)C1CCS1. The van der Waals surface area contributed by atoms with Gasteiger partial charge in [0.15, 0.2) is 0 Å². The molecule has 0 aromatic heterocycles. The van der Waals surface area contributed by atoms with Crippen LogP contribution in [0, 0.1) is 0 Å². The van der Waals surface area contributed by atoms with Gasteiger partial charge in [-0.15, -0.1) is 11.8 Å². The van der Waals surface area contributed by atoms with Crippen LogP contribution in [0.25, 0.3) is 0 Å². The second-order valence-corrected chi connectivity index (χ2v) is 3.99. The second-order valence-electron chi connectivity index (χ2n) is 2.68. The van der Waals surface area contributed by atoms with E-state index in [4.69, 9.17) is 16.6 Å². The number of carbonyl (C=O) groups is 2. The van der Waals surface area contributed by atoms with Crippen molar-refractivity contribution in [1.29, 1.82) is 0 Å². The third-order valence-electron chi connectivity index (χ3n) is 1.41. The highest BCUT2D eigenvalue weighted by atomic mass is 32.2. The van der Waals surface area contributed by atoms with E-state index in [1.165, 1.54) is 6.92 Å². The van der Waals surface area contributed by atoms with E-state index in [0.717, 1.165) is 12.2 Å². The molecule has 1 aliphatic heterocycles. The molecule has 2 atom stereocenters. The lowest BCUT2D eigenvalue weighted by Crippen LogP contribution is -2.32. The summed E-state index contributed by atoms with van der Waals surface area (Å²) in [6, 6.07) is -0.731. The molecule has 0 aliphatic carbocycles. The van der Waals surface area contributed by atoms with E-state index in [2.05, 4.69) is 0 Å². The molecule has 1 amide bonds. The molecule has 76 valence electrons. The van der Waals surface area contributed by atoms with Gasteiger partial charge in [-0.25, -0.2) is 0 Å². The van der Waals surface area contributed by atoms with Crippen LogP contribution in [0.5, 0.6) is 0 Å². The van der Waals surface area contributed by atoms with Gasteiger partial charge < -0.3 is 16.6 Å². The molecule has 1 heterocycles. The Labute approximate surface area is 80.8 Å². The van der Waals surface area contributed by atoms with Crippen LogP contribution in [0.2, 0.25) is 0 Å². The third kappa shape index (κ3) is 5.48. The standard InChI is InChI=1S/C4H7NOS.C3H7NO2/c5-4(6)3-1-2-7-3;1-2(4)3(5)6/h3H,1-2H2,(H2,5,6);2H,4H2,1H3,(H,5,6)/t;2-/m.1/s1. The average molecular weight is 206 g/mol. The third-order valence-corrected chi connectivity index (χ3v) is 2.75. The maximum absolute atomic E-state index is 10.2. The van der Waals surface area contributed by atoms with Crippen molar-refractivity contribution in [3.8, 4) is 0 Å². The number of carbonyl (C=O) groups excluding carboxylic acids is 1. The Morgan fingerprint density at radius 1 is 1.62 bits per heavy atom. The Hall–Kier alpha value is -0.750. The zero-order chi connectivity index (χ0) is 10.4. The summed E-state index contributed by atoms with van der Waals surface area (Å²) >= 11 is 1.64. The average Bonchev–Trinajstić information content (AvgIpc) is 1.82. The van der Waals surface area contributed by atoms with Crippen LogP contribution in [-0.4, -0.2) is 34.0 Å². The van der Waals surface area contributed by atoms with Crippen LogP contribution in [-0.2, 0) is 9.59 Å². The molecule has 5 nitrogen and oxygen atoms in total. The van der Waals surface area contributed by atoms with Crippen LogP contribution < -0.4 is 11.5 Å². The zero-order valence-corrected chi connectivity index (χ0v) is 8.21. The maximum Gasteiger partial charge on any atom is 0.320 e. The van der Waals surface area contributed by atoms with Gasteiger partial charge in [-0.2, -0.15) is 0 Å². The van der Waals surface area contributed by atoms with Gasteiger partial charge in [0, 0.05) is 0 Å². The van der Waals surface area contributed by atoms with Crippen molar-refractivity contribution in [2.45, 2.75) is 24.6 Å². The molecule has 1 rings (SSSR count). The molecule has 0 saturated carbocycles. The Morgan fingerprint density at radius 2 is 2.00 bits per heavy atom. The summed E-state index contributed by atoms with van der Waals surface area (Å²) in [5.74, 6) is -0.0144. The quantitative estimate of drug-likeness (QED) is 0.559. The van der Waals surface area contributed by atoms with Crippen LogP contribution in [0.4, 0.5) is 0 Å². The molecule has 0 aromatic rings. The number of thioether (sulfide) groups is 1. The predicted octanol–water partition coefficient (Wildman–Crippen LogP) is -0.605. The maximum atomic E-state index is 10.2. The Morgan fingerprint density at radius 3 is 2.00 bits per heavy atom. The molecule has 1 saturated heterocycles. The minimum absolute atomic E-state index is 0.139. The largest absolute Gasteiger partial charge is 0.480 e. The van der Waals surface area contributed by atoms with Crippen molar-refractivity contribution in [3.05, 3.63) is 0 Å². The summed E-state index contributed by atoms with van der Waals surface area (Å²) < 4.78 is 0. The Balaban J connectivity index is 0.000000226. The lowest BCUT2D eigenvalue weighted by molar-refractivity contribution is -0.138. The molecule has 0 radical (unpaired) electrons. The molecule has 6 heteroatoms. The molecule has 1 aliphatic rings. The minimum atomic E-state index is -0.963. The summed E-state index contributed by atoms with van der Waals surface area (Å²) in [5, 5.41) is 8.00. The minimum Gasteiger partial charge on any atom is -0.480 e. The first-order valence-corrected chi connectivity index (χ1v) is 4.89. The normalized spacial score (nSPS) is 21.8. The molecule has 5 N–H and O–H groups in total. The van der Waals surface area contributed by atoms with Gasteiger partial charge in [-0.1, -0.05) is 0 Å². The van der Waals surface area contributed by atoms with Gasteiger partial charge in [0.2, 0.25) is 5.91 Å². The first-order valence-electron chi connectivity index (χ1n) is 3.84. The Bertz CT molecular complexity index is 192. The number of amides is 1. The highest BCUT2D eigenvalue weighted by Crippen LogP contribution is 2.26. The molecule has 1 fully saturated rings. The van der Waals surface area contributed by atoms with E-state index in [9.17, 15) is 9.59 Å². The first-order chi connectivity index (χ1) is 5.95. The predicted molar refractivity (Wildman–Crippen MR) is 51.3 cm³/mol. The molecular weight excluding hydrogens is 192 g/mol. The topological polar surface area (TPSA) is 106 Å². The number of rotatable bonds is 2. The van der Waals surface area contributed by atoms with Crippen molar-refractivity contribution in [2.75, 3.05) is 5.75 Å². The highest BCUT2D eigenvalue weighted by Gasteiger charge is 2.22. The van der Waals surface area contributed by atoms with E-state index < -0.39 is 12.0 Å². The molecule has 0 aromatic carbocycles. The number of hydrogen-bond acceptors (Lipinski definition) is 4. The van der Waals surface area contributed by atoms with Crippen LogP contribution in [0.15, 0.2) is 0 Å². The van der Waals surface area contributed by atoms with Crippen molar-refractivity contribution in [3.63, 3.8) is 0 Å². The molecule has 1 unspecified atom stereocenters. The van der Waals surface area contributed by atoms with E-state index in [1.807, 2.05) is 0 Å². The molecular formula is C7H14N2O3S. The van der Waals surface area contributed by atoms with E-state index in [-0.39, 0.29) is 11.2 Å². The number of carboxylic acids is 1. The lowest BCUT2D eigenvalue weighted by atomic mass is 10.3. The monoisotopic (exact) mass is 206 g/mol. The summed E-state index contributed by atoms with van der Waals surface area (Å²) in [7, 11) is 0.